The predicted molar refractivity (Wildman–Crippen MR) is 85.5 cm³/mol. The largest absolute Gasteiger partial charge is 0.497 e. The fraction of sp³-hybridized carbons (Fsp3) is 0.400. The Kier molecular flexibility index (Phi) is 4.26. The lowest BCUT2D eigenvalue weighted by atomic mass is 10.2. The van der Waals surface area contributed by atoms with Gasteiger partial charge in [-0.1, -0.05) is 11.3 Å². The molecule has 0 bridgehead atoms. The Balaban J connectivity index is 1.61. The first kappa shape index (κ1) is 14.2. The minimum Gasteiger partial charge on any atom is -0.497 e. The molecule has 0 atom stereocenters. The van der Waals surface area contributed by atoms with E-state index in [0.717, 1.165) is 41.9 Å². The van der Waals surface area contributed by atoms with E-state index in [1.165, 1.54) is 5.69 Å². The van der Waals surface area contributed by atoms with Crippen molar-refractivity contribution in [3.63, 3.8) is 0 Å². The van der Waals surface area contributed by atoms with Crippen LogP contribution >= 0.6 is 11.3 Å². The van der Waals surface area contributed by atoms with Crippen LogP contribution < -0.4 is 14.5 Å². The van der Waals surface area contributed by atoms with Gasteiger partial charge in [0.05, 0.1) is 18.6 Å². The van der Waals surface area contributed by atoms with Crippen LogP contribution in [0.2, 0.25) is 0 Å². The quantitative estimate of drug-likeness (QED) is 0.936. The van der Waals surface area contributed by atoms with Crippen LogP contribution in [0.3, 0.4) is 0 Å². The number of aromatic nitrogens is 1. The Morgan fingerprint density at radius 3 is 2.38 bits per heavy atom. The highest BCUT2D eigenvalue weighted by atomic mass is 32.1. The highest BCUT2D eigenvalue weighted by Gasteiger charge is 2.19. The molecule has 0 aliphatic carbocycles. The number of nitrogens with zero attached hydrogens (tertiary/aromatic N) is 3. The Labute approximate surface area is 128 Å². The molecule has 0 amide bonds. The molecule has 0 unspecified atom stereocenters. The summed E-state index contributed by atoms with van der Waals surface area (Å²) in [4.78, 5) is 9.95. The predicted octanol–water partition coefficient (Wildman–Crippen LogP) is 1.97. The van der Waals surface area contributed by atoms with Crippen LogP contribution in [0.1, 0.15) is 4.88 Å². The number of ether oxygens (including phenoxy) is 1. The number of rotatable bonds is 4. The summed E-state index contributed by atoms with van der Waals surface area (Å²) in [7, 11) is 1.68. The van der Waals surface area contributed by atoms with Crippen LogP contribution in [-0.4, -0.2) is 43.4 Å². The molecule has 1 aromatic carbocycles. The number of methoxy groups -OCH3 is 1. The van der Waals surface area contributed by atoms with Crippen molar-refractivity contribution < 1.29 is 9.84 Å². The fourth-order valence-corrected chi connectivity index (χ4v) is 3.29. The first-order chi connectivity index (χ1) is 10.3. The van der Waals surface area contributed by atoms with Crippen molar-refractivity contribution >= 4 is 22.2 Å². The van der Waals surface area contributed by atoms with Gasteiger partial charge in [0.25, 0.3) is 0 Å². The van der Waals surface area contributed by atoms with E-state index >= 15 is 0 Å². The smallest absolute Gasteiger partial charge is 0.185 e. The zero-order chi connectivity index (χ0) is 14.7. The average Bonchev–Trinajstić information content (AvgIpc) is 3.04. The van der Waals surface area contributed by atoms with E-state index in [1.807, 2.05) is 12.1 Å². The number of hydrogen-bond acceptors (Lipinski definition) is 6. The van der Waals surface area contributed by atoms with E-state index in [4.69, 9.17) is 9.84 Å². The maximum absolute atomic E-state index is 9.12. The Morgan fingerprint density at radius 1 is 1.14 bits per heavy atom. The molecule has 21 heavy (non-hydrogen) atoms. The molecule has 1 aliphatic heterocycles. The summed E-state index contributed by atoms with van der Waals surface area (Å²) in [6.45, 7) is 3.92. The van der Waals surface area contributed by atoms with Crippen LogP contribution in [0.4, 0.5) is 10.8 Å². The Bertz CT molecular complexity index is 577. The zero-order valence-corrected chi connectivity index (χ0v) is 12.8. The normalized spacial score (nSPS) is 15.3. The third-order valence-corrected chi connectivity index (χ3v) is 4.73. The minimum absolute atomic E-state index is 0.0729. The second kappa shape index (κ2) is 6.32. The highest BCUT2D eigenvalue weighted by Crippen LogP contribution is 2.25. The fourth-order valence-electron chi connectivity index (χ4n) is 2.47. The second-order valence-electron chi connectivity index (χ2n) is 4.94. The molecule has 6 heteroatoms. The number of aliphatic hydroxyl groups excluding tert-OH is 1. The lowest BCUT2D eigenvalue weighted by Crippen LogP contribution is -2.46. The van der Waals surface area contributed by atoms with E-state index in [2.05, 4.69) is 26.9 Å². The van der Waals surface area contributed by atoms with Crippen molar-refractivity contribution in [1.82, 2.24) is 4.98 Å². The van der Waals surface area contributed by atoms with Crippen LogP contribution in [0, 0.1) is 0 Å². The van der Waals surface area contributed by atoms with Gasteiger partial charge < -0.3 is 19.6 Å². The van der Waals surface area contributed by atoms with Gasteiger partial charge >= 0.3 is 0 Å². The highest BCUT2D eigenvalue weighted by molar-refractivity contribution is 7.15. The molecule has 5 nitrogen and oxygen atoms in total. The summed E-state index contributed by atoms with van der Waals surface area (Å²) >= 11 is 1.57. The summed E-state index contributed by atoms with van der Waals surface area (Å²) in [5, 5.41) is 10.1. The topological polar surface area (TPSA) is 48.8 Å². The lowest BCUT2D eigenvalue weighted by molar-refractivity contribution is 0.285. The first-order valence-corrected chi connectivity index (χ1v) is 7.81. The van der Waals surface area contributed by atoms with Crippen LogP contribution in [-0.2, 0) is 6.61 Å². The second-order valence-corrected chi connectivity index (χ2v) is 6.03. The van der Waals surface area contributed by atoms with E-state index in [9.17, 15) is 0 Å². The number of thiazole rings is 1. The zero-order valence-electron chi connectivity index (χ0n) is 12.0. The maximum Gasteiger partial charge on any atom is 0.185 e. The van der Waals surface area contributed by atoms with Crippen molar-refractivity contribution in [2.24, 2.45) is 0 Å². The molecule has 2 aromatic rings. The van der Waals surface area contributed by atoms with Gasteiger partial charge in [-0.25, -0.2) is 4.98 Å². The molecule has 3 rings (SSSR count). The molecule has 1 aliphatic rings. The molecule has 1 fully saturated rings. The number of aliphatic hydroxyl groups is 1. The molecule has 1 N–H and O–H groups in total. The molecule has 0 radical (unpaired) electrons. The van der Waals surface area contributed by atoms with Crippen molar-refractivity contribution in [3.05, 3.63) is 35.3 Å². The van der Waals surface area contributed by atoms with Gasteiger partial charge in [0.2, 0.25) is 0 Å². The van der Waals surface area contributed by atoms with Crippen molar-refractivity contribution in [3.8, 4) is 5.75 Å². The van der Waals surface area contributed by atoms with Gasteiger partial charge in [-0.2, -0.15) is 0 Å². The molecule has 0 saturated carbocycles. The van der Waals surface area contributed by atoms with Crippen molar-refractivity contribution in [2.75, 3.05) is 43.1 Å². The van der Waals surface area contributed by atoms with Crippen LogP contribution in [0.15, 0.2) is 30.5 Å². The third kappa shape index (κ3) is 3.11. The molecule has 1 saturated heterocycles. The SMILES string of the molecule is COc1ccc(N2CCN(c3ncc(CO)s3)CC2)cc1. The standard InChI is InChI=1S/C15H19N3O2S/c1-20-13-4-2-12(3-5-13)17-6-8-18(9-7-17)15-16-10-14(11-19)21-15/h2-5,10,19H,6-9,11H2,1H3. The summed E-state index contributed by atoms with van der Waals surface area (Å²) in [5.74, 6) is 0.886. The van der Waals surface area contributed by atoms with Gasteiger partial charge in [0.1, 0.15) is 5.75 Å². The Morgan fingerprint density at radius 2 is 1.81 bits per heavy atom. The van der Waals surface area contributed by atoms with E-state index in [0.29, 0.717) is 0 Å². The van der Waals surface area contributed by atoms with Crippen molar-refractivity contribution in [2.45, 2.75) is 6.61 Å². The summed E-state index contributed by atoms with van der Waals surface area (Å²) < 4.78 is 5.19. The number of anilines is 2. The van der Waals surface area contributed by atoms with Crippen LogP contribution in [0.25, 0.3) is 0 Å². The number of hydrogen-bond donors (Lipinski definition) is 1. The summed E-state index contributed by atoms with van der Waals surface area (Å²) in [6.07, 6.45) is 1.76. The lowest BCUT2D eigenvalue weighted by Gasteiger charge is -2.36. The summed E-state index contributed by atoms with van der Waals surface area (Å²) in [5.41, 5.74) is 1.23. The first-order valence-electron chi connectivity index (χ1n) is 6.99. The van der Waals surface area contributed by atoms with Gasteiger partial charge in [-0.05, 0) is 24.3 Å². The van der Waals surface area contributed by atoms with Gasteiger partial charge in [-0.15, -0.1) is 0 Å². The molecule has 2 heterocycles. The van der Waals surface area contributed by atoms with Gasteiger partial charge in [-0.3, -0.25) is 0 Å². The van der Waals surface area contributed by atoms with E-state index < -0.39 is 0 Å². The Hall–Kier alpha value is -1.79. The maximum atomic E-state index is 9.12. The molecule has 0 spiro atoms. The van der Waals surface area contributed by atoms with Gasteiger partial charge in [0.15, 0.2) is 5.13 Å². The summed E-state index contributed by atoms with van der Waals surface area (Å²) in [6, 6.07) is 8.19. The molecular weight excluding hydrogens is 286 g/mol. The number of piperazine rings is 1. The molecular formula is C15H19N3O2S. The monoisotopic (exact) mass is 305 g/mol. The van der Waals surface area contributed by atoms with Gasteiger partial charge in [0, 0.05) is 38.1 Å². The van der Waals surface area contributed by atoms with E-state index in [-0.39, 0.29) is 6.61 Å². The van der Waals surface area contributed by atoms with Crippen LogP contribution in [0.5, 0.6) is 5.75 Å². The molecule has 112 valence electrons. The molecule has 1 aromatic heterocycles. The number of benzene rings is 1. The third-order valence-electron chi connectivity index (χ3n) is 3.68. The average molecular weight is 305 g/mol. The van der Waals surface area contributed by atoms with Crippen molar-refractivity contribution in [1.29, 1.82) is 0 Å². The van der Waals surface area contributed by atoms with E-state index in [1.54, 1.807) is 24.6 Å². The minimum atomic E-state index is 0.0729.